The van der Waals surface area contributed by atoms with Crippen molar-refractivity contribution in [1.82, 2.24) is 5.32 Å². The molecular formula is C13H21ClN2O2. The number of nitrogens with two attached hydrogens (primary N) is 1. The molecule has 0 aliphatic rings. The fraction of sp³-hybridized carbons (Fsp3) is 0.462. The highest BCUT2D eigenvalue weighted by Crippen LogP contribution is 2.10. The second-order valence-electron chi connectivity index (χ2n) is 4.25. The average molecular weight is 273 g/mol. The summed E-state index contributed by atoms with van der Waals surface area (Å²) in [6.07, 6.45) is 0. The summed E-state index contributed by atoms with van der Waals surface area (Å²) < 4.78 is 5.35. The van der Waals surface area contributed by atoms with Crippen molar-refractivity contribution in [2.24, 2.45) is 11.7 Å². The predicted octanol–water partition coefficient (Wildman–Crippen LogP) is 1.51. The first-order valence-corrected chi connectivity index (χ1v) is 5.78. The molecule has 1 atom stereocenters. The van der Waals surface area contributed by atoms with Crippen LogP contribution in [0, 0.1) is 12.8 Å². The van der Waals surface area contributed by atoms with Gasteiger partial charge in [-0.3, -0.25) is 4.79 Å². The van der Waals surface area contributed by atoms with E-state index in [1.807, 2.05) is 38.1 Å². The Morgan fingerprint density at radius 2 is 2.00 bits per heavy atom. The highest BCUT2D eigenvalue weighted by Gasteiger charge is 2.04. The lowest BCUT2D eigenvalue weighted by atomic mass is 10.2. The van der Waals surface area contributed by atoms with E-state index in [2.05, 4.69) is 5.32 Å². The number of rotatable bonds is 6. The lowest BCUT2D eigenvalue weighted by Gasteiger charge is -2.10. The molecule has 0 aliphatic heterocycles. The Labute approximate surface area is 114 Å². The molecule has 0 aromatic heterocycles. The zero-order valence-electron chi connectivity index (χ0n) is 10.8. The number of amides is 1. The van der Waals surface area contributed by atoms with Gasteiger partial charge in [0.1, 0.15) is 5.75 Å². The van der Waals surface area contributed by atoms with E-state index in [0.29, 0.717) is 24.8 Å². The number of halogens is 1. The maximum Gasteiger partial charge on any atom is 0.257 e. The Bertz CT molecular complexity index is 355. The molecule has 0 fully saturated rings. The molecule has 1 aromatic carbocycles. The van der Waals surface area contributed by atoms with E-state index in [4.69, 9.17) is 10.5 Å². The van der Waals surface area contributed by atoms with Crippen molar-refractivity contribution >= 4 is 18.3 Å². The molecule has 18 heavy (non-hydrogen) atoms. The molecular weight excluding hydrogens is 252 g/mol. The summed E-state index contributed by atoms with van der Waals surface area (Å²) in [5.41, 5.74) is 6.62. The van der Waals surface area contributed by atoms with Crippen LogP contribution in [0.3, 0.4) is 0 Å². The molecule has 0 heterocycles. The Morgan fingerprint density at radius 1 is 1.39 bits per heavy atom. The van der Waals surface area contributed by atoms with Gasteiger partial charge in [0.2, 0.25) is 0 Å². The largest absolute Gasteiger partial charge is 0.484 e. The van der Waals surface area contributed by atoms with Gasteiger partial charge in [-0.15, -0.1) is 12.4 Å². The molecule has 1 rings (SSSR count). The van der Waals surface area contributed by atoms with E-state index in [9.17, 15) is 4.79 Å². The molecule has 4 nitrogen and oxygen atoms in total. The number of hydrogen-bond acceptors (Lipinski definition) is 3. The van der Waals surface area contributed by atoms with Gasteiger partial charge in [-0.05, 0) is 31.5 Å². The van der Waals surface area contributed by atoms with Gasteiger partial charge in [0.05, 0.1) is 0 Å². The fourth-order valence-electron chi connectivity index (χ4n) is 1.21. The minimum atomic E-state index is -0.120. The zero-order chi connectivity index (χ0) is 12.7. The lowest BCUT2D eigenvalue weighted by Crippen LogP contribution is -2.34. The number of carbonyl (C=O) groups is 1. The quantitative estimate of drug-likeness (QED) is 0.825. The third-order valence-corrected chi connectivity index (χ3v) is 2.44. The SMILES string of the molecule is Cc1ccc(OCC(=O)NCC(C)CN)cc1.Cl. The van der Waals surface area contributed by atoms with Crippen LogP contribution in [-0.4, -0.2) is 25.6 Å². The second kappa shape index (κ2) is 8.78. The summed E-state index contributed by atoms with van der Waals surface area (Å²) in [5.74, 6) is 0.877. The zero-order valence-corrected chi connectivity index (χ0v) is 11.6. The van der Waals surface area contributed by atoms with Crippen LogP contribution in [0.5, 0.6) is 5.75 Å². The highest BCUT2D eigenvalue weighted by atomic mass is 35.5. The smallest absolute Gasteiger partial charge is 0.257 e. The fourth-order valence-corrected chi connectivity index (χ4v) is 1.21. The molecule has 3 N–H and O–H groups in total. The molecule has 0 aliphatic carbocycles. The Morgan fingerprint density at radius 3 is 2.56 bits per heavy atom. The molecule has 102 valence electrons. The number of nitrogens with one attached hydrogen (secondary N) is 1. The molecule has 1 amide bonds. The number of hydrogen-bond donors (Lipinski definition) is 2. The van der Waals surface area contributed by atoms with Crippen LogP contribution >= 0.6 is 12.4 Å². The van der Waals surface area contributed by atoms with Gasteiger partial charge < -0.3 is 15.8 Å². The van der Waals surface area contributed by atoms with Crippen LogP contribution in [0.1, 0.15) is 12.5 Å². The number of carbonyl (C=O) groups excluding carboxylic acids is 1. The van der Waals surface area contributed by atoms with Crippen LogP contribution in [0.25, 0.3) is 0 Å². The molecule has 0 saturated heterocycles. The lowest BCUT2D eigenvalue weighted by molar-refractivity contribution is -0.123. The topological polar surface area (TPSA) is 64.3 Å². The molecule has 0 saturated carbocycles. The van der Waals surface area contributed by atoms with Gasteiger partial charge in [0.15, 0.2) is 6.61 Å². The average Bonchev–Trinajstić information content (AvgIpc) is 2.35. The summed E-state index contributed by atoms with van der Waals surface area (Å²) in [6, 6.07) is 7.60. The standard InChI is InChI=1S/C13H20N2O2.ClH/c1-10-3-5-12(6-4-10)17-9-13(16)15-8-11(2)7-14;/h3-6,11H,7-9,14H2,1-2H3,(H,15,16);1H. The van der Waals surface area contributed by atoms with Gasteiger partial charge in [0.25, 0.3) is 5.91 Å². The Hall–Kier alpha value is -1.26. The van der Waals surface area contributed by atoms with Crippen LogP contribution in [0.15, 0.2) is 24.3 Å². The van der Waals surface area contributed by atoms with Crippen molar-refractivity contribution in [1.29, 1.82) is 0 Å². The van der Waals surface area contributed by atoms with Crippen LogP contribution in [0.2, 0.25) is 0 Å². The summed E-state index contributed by atoms with van der Waals surface area (Å²) >= 11 is 0. The first kappa shape index (κ1) is 16.7. The third-order valence-electron chi connectivity index (χ3n) is 2.44. The number of aryl methyl sites for hydroxylation is 1. The molecule has 5 heteroatoms. The summed E-state index contributed by atoms with van der Waals surface area (Å²) in [6.45, 7) is 5.19. The van der Waals surface area contributed by atoms with Crippen molar-refractivity contribution in [2.45, 2.75) is 13.8 Å². The highest BCUT2D eigenvalue weighted by molar-refractivity contribution is 5.85. The van der Waals surface area contributed by atoms with E-state index in [-0.39, 0.29) is 24.9 Å². The molecule has 1 unspecified atom stereocenters. The van der Waals surface area contributed by atoms with Gasteiger partial charge in [-0.1, -0.05) is 24.6 Å². The second-order valence-corrected chi connectivity index (χ2v) is 4.25. The van der Waals surface area contributed by atoms with Crippen molar-refractivity contribution in [3.05, 3.63) is 29.8 Å². The van der Waals surface area contributed by atoms with Gasteiger partial charge in [-0.2, -0.15) is 0 Å². The molecule has 0 spiro atoms. The van der Waals surface area contributed by atoms with E-state index in [1.54, 1.807) is 0 Å². The monoisotopic (exact) mass is 272 g/mol. The number of ether oxygens (including phenoxy) is 1. The first-order valence-electron chi connectivity index (χ1n) is 5.78. The maximum atomic E-state index is 11.4. The summed E-state index contributed by atoms with van der Waals surface area (Å²) in [4.78, 5) is 11.4. The van der Waals surface area contributed by atoms with E-state index < -0.39 is 0 Å². The van der Waals surface area contributed by atoms with Crippen molar-refractivity contribution < 1.29 is 9.53 Å². The van der Waals surface area contributed by atoms with Crippen molar-refractivity contribution in [2.75, 3.05) is 19.7 Å². The van der Waals surface area contributed by atoms with Crippen LogP contribution < -0.4 is 15.8 Å². The predicted molar refractivity (Wildman–Crippen MR) is 75.2 cm³/mol. The normalized spacial score (nSPS) is 11.3. The Balaban J connectivity index is 0.00000289. The van der Waals surface area contributed by atoms with Crippen molar-refractivity contribution in [3.8, 4) is 5.75 Å². The van der Waals surface area contributed by atoms with E-state index in [0.717, 1.165) is 0 Å². The van der Waals surface area contributed by atoms with Gasteiger partial charge >= 0.3 is 0 Å². The van der Waals surface area contributed by atoms with E-state index >= 15 is 0 Å². The van der Waals surface area contributed by atoms with Crippen molar-refractivity contribution in [3.63, 3.8) is 0 Å². The van der Waals surface area contributed by atoms with Crippen LogP contribution in [0.4, 0.5) is 0 Å². The minimum absolute atomic E-state index is 0. The molecule has 0 radical (unpaired) electrons. The first-order chi connectivity index (χ1) is 8.11. The summed E-state index contributed by atoms with van der Waals surface area (Å²) in [7, 11) is 0. The number of benzene rings is 1. The third kappa shape index (κ3) is 6.47. The Kier molecular flexibility index (Phi) is 8.16. The van der Waals surface area contributed by atoms with E-state index in [1.165, 1.54) is 5.56 Å². The molecule has 0 bridgehead atoms. The molecule has 1 aromatic rings. The maximum absolute atomic E-state index is 11.4. The minimum Gasteiger partial charge on any atom is -0.484 e. The van der Waals surface area contributed by atoms with Gasteiger partial charge in [0, 0.05) is 6.54 Å². The van der Waals surface area contributed by atoms with Crippen LogP contribution in [-0.2, 0) is 4.79 Å². The summed E-state index contributed by atoms with van der Waals surface area (Å²) in [5, 5.41) is 2.77. The van der Waals surface area contributed by atoms with Gasteiger partial charge in [-0.25, -0.2) is 0 Å².